The molecule has 0 saturated carbocycles. The fraction of sp³-hybridized carbons (Fsp3) is 0.0588. The molecule has 0 atom stereocenters. The molecule has 4 heteroatoms. The molecule has 3 rings (SSSR count). The SMILES string of the molecule is Cc1cccc(C(=O)Nc2ccc3cc(Br)ccc3c2)n1. The van der Waals surface area contributed by atoms with E-state index in [1.165, 1.54) is 0 Å². The fourth-order valence-electron chi connectivity index (χ4n) is 2.16. The first-order valence-corrected chi connectivity index (χ1v) is 7.35. The molecule has 1 heterocycles. The van der Waals surface area contributed by atoms with Crippen molar-refractivity contribution in [1.82, 2.24) is 4.98 Å². The molecule has 3 nitrogen and oxygen atoms in total. The van der Waals surface area contributed by atoms with Crippen LogP contribution in [0.3, 0.4) is 0 Å². The molecule has 1 N–H and O–H groups in total. The molecule has 2 aromatic carbocycles. The molecule has 0 spiro atoms. The molecule has 0 fully saturated rings. The lowest BCUT2D eigenvalue weighted by Gasteiger charge is -2.07. The molecular formula is C17H13BrN2O. The zero-order valence-electron chi connectivity index (χ0n) is 11.4. The zero-order chi connectivity index (χ0) is 14.8. The molecule has 0 aliphatic carbocycles. The minimum atomic E-state index is -0.199. The monoisotopic (exact) mass is 340 g/mol. The van der Waals surface area contributed by atoms with Crippen molar-refractivity contribution in [3.05, 3.63) is 70.5 Å². The van der Waals surface area contributed by atoms with Crippen molar-refractivity contribution in [2.24, 2.45) is 0 Å². The minimum Gasteiger partial charge on any atom is -0.321 e. The molecule has 0 radical (unpaired) electrons. The summed E-state index contributed by atoms with van der Waals surface area (Å²) in [6.45, 7) is 1.87. The lowest BCUT2D eigenvalue weighted by atomic mass is 10.1. The van der Waals surface area contributed by atoms with Gasteiger partial charge in [-0.05, 0) is 54.1 Å². The van der Waals surface area contributed by atoms with E-state index in [4.69, 9.17) is 0 Å². The van der Waals surface area contributed by atoms with Gasteiger partial charge in [0.2, 0.25) is 0 Å². The molecule has 3 aromatic rings. The standard InChI is InChI=1S/C17H13BrN2O/c1-11-3-2-4-16(19-11)17(21)20-15-8-6-12-9-14(18)7-5-13(12)10-15/h2-10H,1H3,(H,20,21). The number of carbonyl (C=O) groups is 1. The van der Waals surface area contributed by atoms with E-state index >= 15 is 0 Å². The molecule has 0 aliphatic heterocycles. The summed E-state index contributed by atoms with van der Waals surface area (Å²) >= 11 is 3.45. The maximum absolute atomic E-state index is 12.2. The van der Waals surface area contributed by atoms with E-state index in [-0.39, 0.29) is 5.91 Å². The summed E-state index contributed by atoms with van der Waals surface area (Å²) in [5.41, 5.74) is 2.01. The van der Waals surface area contributed by atoms with Gasteiger partial charge in [0.1, 0.15) is 5.69 Å². The van der Waals surface area contributed by atoms with E-state index in [2.05, 4.69) is 26.2 Å². The lowest BCUT2D eigenvalue weighted by molar-refractivity contribution is 0.102. The molecule has 104 valence electrons. The topological polar surface area (TPSA) is 42.0 Å². The highest BCUT2D eigenvalue weighted by atomic mass is 79.9. The van der Waals surface area contributed by atoms with E-state index in [0.717, 1.165) is 26.6 Å². The highest BCUT2D eigenvalue weighted by Gasteiger charge is 2.08. The predicted octanol–water partition coefficient (Wildman–Crippen LogP) is 4.56. The van der Waals surface area contributed by atoms with Crippen molar-refractivity contribution < 1.29 is 4.79 Å². The van der Waals surface area contributed by atoms with E-state index in [1.54, 1.807) is 6.07 Å². The second-order valence-corrected chi connectivity index (χ2v) is 5.74. The highest BCUT2D eigenvalue weighted by Crippen LogP contribution is 2.23. The predicted molar refractivity (Wildman–Crippen MR) is 88.6 cm³/mol. The smallest absolute Gasteiger partial charge is 0.274 e. The van der Waals surface area contributed by atoms with Crippen LogP contribution in [0, 0.1) is 6.92 Å². The summed E-state index contributed by atoms with van der Waals surface area (Å²) in [7, 11) is 0. The van der Waals surface area contributed by atoms with E-state index in [1.807, 2.05) is 55.5 Å². The quantitative estimate of drug-likeness (QED) is 0.743. The maximum atomic E-state index is 12.2. The van der Waals surface area contributed by atoms with Crippen LogP contribution in [0.2, 0.25) is 0 Å². The summed E-state index contributed by atoms with van der Waals surface area (Å²) in [4.78, 5) is 16.4. The van der Waals surface area contributed by atoms with Crippen LogP contribution < -0.4 is 5.32 Å². The molecule has 0 saturated heterocycles. The number of rotatable bonds is 2. The van der Waals surface area contributed by atoms with Crippen LogP contribution >= 0.6 is 15.9 Å². The first kappa shape index (κ1) is 13.8. The highest BCUT2D eigenvalue weighted by molar-refractivity contribution is 9.10. The Balaban J connectivity index is 1.87. The number of carbonyl (C=O) groups excluding carboxylic acids is 1. The maximum Gasteiger partial charge on any atom is 0.274 e. The average Bonchev–Trinajstić information content (AvgIpc) is 2.47. The van der Waals surface area contributed by atoms with Crippen LogP contribution in [0.15, 0.2) is 59.1 Å². The Hall–Kier alpha value is -2.20. The molecule has 0 aliphatic rings. The van der Waals surface area contributed by atoms with Gasteiger partial charge in [-0.2, -0.15) is 0 Å². The van der Waals surface area contributed by atoms with Crippen molar-refractivity contribution >= 4 is 38.3 Å². The van der Waals surface area contributed by atoms with Gasteiger partial charge in [0.05, 0.1) is 0 Å². The molecule has 0 unspecified atom stereocenters. The van der Waals surface area contributed by atoms with Gasteiger partial charge in [0.15, 0.2) is 0 Å². The van der Waals surface area contributed by atoms with Crippen LogP contribution in [0.4, 0.5) is 5.69 Å². The number of hydrogen-bond acceptors (Lipinski definition) is 2. The van der Waals surface area contributed by atoms with Crippen molar-refractivity contribution in [3.8, 4) is 0 Å². The molecule has 1 amide bonds. The summed E-state index contributed by atoms with van der Waals surface area (Å²) in [5, 5.41) is 5.08. The van der Waals surface area contributed by atoms with Crippen molar-refractivity contribution in [2.75, 3.05) is 5.32 Å². The number of amides is 1. The Bertz CT molecular complexity index is 830. The third-order valence-electron chi connectivity index (χ3n) is 3.18. The van der Waals surface area contributed by atoms with Gasteiger partial charge >= 0.3 is 0 Å². The number of fused-ring (bicyclic) bond motifs is 1. The number of aromatic nitrogens is 1. The van der Waals surface area contributed by atoms with E-state index in [9.17, 15) is 4.79 Å². The average molecular weight is 341 g/mol. The molecule has 0 bridgehead atoms. The molecular weight excluding hydrogens is 328 g/mol. The van der Waals surface area contributed by atoms with Crippen LogP contribution in [0.5, 0.6) is 0 Å². The molecule has 21 heavy (non-hydrogen) atoms. The third-order valence-corrected chi connectivity index (χ3v) is 3.67. The minimum absolute atomic E-state index is 0.199. The normalized spacial score (nSPS) is 10.6. The zero-order valence-corrected chi connectivity index (χ0v) is 13.0. The number of benzene rings is 2. The lowest BCUT2D eigenvalue weighted by Crippen LogP contribution is -2.13. The Morgan fingerprint density at radius 2 is 1.81 bits per heavy atom. The van der Waals surface area contributed by atoms with Gasteiger partial charge in [0.25, 0.3) is 5.91 Å². The van der Waals surface area contributed by atoms with Gasteiger partial charge < -0.3 is 5.32 Å². The number of nitrogens with one attached hydrogen (secondary N) is 1. The van der Waals surface area contributed by atoms with Gasteiger partial charge in [0, 0.05) is 15.9 Å². The Morgan fingerprint density at radius 3 is 2.62 bits per heavy atom. The summed E-state index contributed by atoms with van der Waals surface area (Å²) in [6.07, 6.45) is 0. The Kier molecular flexibility index (Phi) is 3.71. The first-order chi connectivity index (χ1) is 10.1. The van der Waals surface area contributed by atoms with Gasteiger partial charge in [-0.3, -0.25) is 4.79 Å². The van der Waals surface area contributed by atoms with Gasteiger partial charge in [-0.1, -0.05) is 34.1 Å². The number of aryl methyl sites for hydroxylation is 1. The van der Waals surface area contributed by atoms with Gasteiger partial charge in [-0.25, -0.2) is 4.98 Å². The van der Waals surface area contributed by atoms with Crippen LogP contribution in [0.25, 0.3) is 10.8 Å². The second-order valence-electron chi connectivity index (χ2n) is 4.82. The largest absolute Gasteiger partial charge is 0.321 e. The second kappa shape index (κ2) is 5.66. The summed E-state index contributed by atoms with van der Waals surface area (Å²) in [6, 6.07) is 17.3. The Labute approximate surface area is 131 Å². The number of halogens is 1. The number of pyridine rings is 1. The summed E-state index contributed by atoms with van der Waals surface area (Å²) < 4.78 is 1.04. The van der Waals surface area contributed by atoms with Crippen LogP contribution in [-0.2, 0) is 0 Å². The fourth-order valence-corrected chi connectivity index (χ4v) is 2.54. The van der Waals surface area contributed by atoms with Gasteiger partial charge in [-0.15, -0.1) is 0 Å². The third kappa shape index (κ3) is 3.11. The van der Waals surface area contributed by atoms with Crippen LogP contribution in [-0.4, -0.2) is 10.9 Å². The van der Waals surface area contributed by atoms with E-state index < -0.39 is 0 Å². The van der Waals surface area contributed by atoms with Crippen molar-refractivity contribution in [2.45, 2.75) is 6.92 Å². The van der Waals surface area contributed by atoms with Crippen molar-refractivity contribution in [3.63, 3.8) is 0 Å². The van der Waals surface area contributed by atoms with E-state index in [0.29, 0.717) is 5.69 Å². The van der Waals surface area contributed by atoms with Crippen molar-refractivity contribution in [1.29, 1.82) is 0 Å². The first-order valence-electron chi connectivity index (χ1n) is 6.56. The summed E-state index contributed by atoms with van der Waals surface area (Å²) in [5.74, 6) is -0.199. The Morgan fingerprint density at radius 1 is 1.05 bits per heavy atom. The number of anilines is 1. The number of hydrogen-bond donors (Lipinski definition) is 1. The molecule has 1 aromatic heterocycles. The van der Waals surface area contributed by atoms with Crippen LogP contribution in [0.1, 0.15) is 16.2 Å². The number of nitrogens with zero attached hydrogens (tertiary/aromatic N) is 1.